The lowest BCUT2D eigenvalue weighted by Crippen LogP contribution is -2.48. The fourth-order valence-corrected chi connectivity index (χ4v) is 3.04. The van der Waals surface area contributed by atoms with Crippen molar-refractivity contribution >= 4 is 22.8 Å². The number of halogens is 1. The Kier molecular flexibility index (Phi) is 3.98. The van der Waals surface area contributed by atoms with E-state index in [9.17, 15) is 19.1 Å². The molecule has 1 saturated heterocycles. The van der Waals surface area contributed by atoms with Crippen molar-refractivity contribution < 1.29 is 19.1 Å². The van der Waals surface area contributed by atoms with Crippen LogP contribution in [0.1, 0.15) is 35.3 Å². The van der Waals surface area contributed by atoms with Crippen LogP contribution in [0.2, 0.25) is 0 Å². The van der Waals surface area contributed by atoms with Gasteiger partial charge in [0.2, 0.25) is 0 Å². The molecule has 1 aromatic carbocycles. The van der Waals surface area contributed by atoms with Crippen LogP contribution in [-0.2, 0) is 4.79 Å². The molecular formula is C17H17FN2O3. The zero-order chi connectivity index (χ0) is 16.6. The minimum atomic E-state index is -0.980. The maximum absolute atomic E-state index is 13.3. The highest BCUT2D eigenvalue weighted by molar-refractivity contribution is 6.00. The van der Waals surface area contributed by atoms with E-state index >= 15 is 0 Å². The van der Waals surface area contributed by atoms with Crippen LogP contribution in [0.3, 0.4) is 0 Å². The maximum Gasteiger partial charge on any atom is 0.326 e. The number of piperidine rings is 1. The molecule has 120 valence electrons. The number of aromatic nitrogens is 1. The second kappa shape index (κ2) is 5.95. The maximum atomic E-state index is 13.3. The summed E-state index contributed by atoms with van der Waals surface area (Å²) in [5, 5.41) is 9.98. The molecule has 3 rings (SSSR count). The number of carbonyl (C=O) groups excluding carboxylic acids is 1. The fourth-order valence-electron chi connectivity index (χ4n) is 3.04. The predicted octanol–water partition coefficient (Wildman–Crippen LogP) is 2.76. The molecule has 0 saturated carbocycles. The van der Waals surface area contributed by atoms with Crippen LogP contribution in [-0.4, -0.2) is 39.5 Å². The number of rotatable bonds is 2. The summed E-state index contributed by atoms with van der Waals surface area (Å²) in [5.74, 6) is -1.69. The lowest BCUT2D eigenvalue weighted by Gasteiger charge is -2.33. The third-order valence-corrected chi connectivity index (χ3v) is 4.25. The molecule has 1 fully saturated rings. The number of hydrogen-bond acceptors (Lipinski definition) is 3. The number of amides is 1. The van der Waals surface area contributed by atoms with Crippen LogP contribution >= 0.6 is 0 Å². The second-order valence-corrected chi connectivity index (χ2v) is 5.81. The van der Waals surface area contributed by atoms with Gasteiger partial charge < -0.3 is 10.0 Å². The minimum Gasteiger partial charge on any atom is -0.480 e. The molecule has 0 unspecified atom stereocenters. The van der Waals surface area contributed by atoms with Crippen LogP contribution in [0.4, 0.5) is 4.39 Å². The quantitative estimate of drug-likeness (QED) is 0.925. The van der Waals surface area contributed by atoms with E-state index in [0.29, 0.717) is 35.1 Å². The first-order chi connectivity index (χ1) is 11.0. The van der Waals surface area contributed by atoms with Crippen LogP contribution in [0.15, 0.2) is 24.3 Å². The number of aryl methyl sites for hydroxylation is 1. The molecular weight excluding hydrogens is 299 g/mol. The number of carboxylic acid groups (broad SMARTS) is 1. The first-order valence-electron chi connectivity index (χ1n) is 7.58. The number of hydrogen-bond donors (Lipinski definition) is 1. The number of fused-ring (bicyclic) bond motifs is 1. The predicted molar refractivity (Wildman–Crippen MR) is 82.7 cm³/mol. The Hall–Kier alpha value is -2.50. The van der Waals surface area contributed by atoms with E-state index in [0.717, 1.165) is 12.8 Å². The van der Waals surface area contributed by atoms with Gasteiger partial charge in [-0.3, -0.25) is 9.78 Å². The average Bonchev–Trinajstić information content (AvgIpc) is 2.53. The first kappa shape index (κ1) is 15.4. The van der Waals surface area contributed by atoms with Gasteiger partial charge in [0.15, 0.2) is 0 Å². The number of carbonyl (C=O) groups is 2. The van der Waals surface area contributed by atoms with Gasteiger partial charge >= 0.3 is 5.97 Å². The monoisotopic (exact) mass is 316 g/mol. The van der Waals surface area contributed by atoms with Gasteiger partial charge in [0.1, 0.15) is 11.9 Å². The summed E-state index contributed by atoms with van der Waals surface area (Å²) < 4.78 is 13.3. The Morgan fingerprint density at radius 2 is 2.09 bits per heavy atom. The molecule has 23 heavy (non-hydrogen) atoms. The molecule has 0 bridgehead atoms. The van der Waals surface area contributed by atoms with Crippen LogP contribution < -0.4 is 0 Å². The normalized spacial score (nSPS) is 18.2. The number of nitrogens with zero attached hydrogens (tertiary/aromatic N) is 2. The topological polar surface area (TPSA) is 70.5 Å². The van der Waals surface area contributed by atoms with Crippen molar-refractivity contribution in [3.8, 4) is 0 Å². The number of benzene rings is 1. The van der Waals surface area contributed by atoms with Gasteiger partial charge in [0.25, 0.3) is 5.91 Å². The largest absolute Gasteiger partial charge is 0.480 e. The van der Waals surface area contributed by atoms with Gasteiger partial charge in [-0.05, 0) is 44.4 Å². The summed E-state index contributed by atoms with van der Waals surface area (Å²) in [6, 6.07) is 5.07. The van der Waals surface area contributed by atoms with E-state index in [-0.39, 0.29) is 11.7 Å². The zero-order valence-corrected chi connectivity index (χ0v) is 12.8. The summed E-state index contributed by atoms with van der Waals surface area (Å²) in [7, 11) is 0. The van der Waals surface area contributed by atoms with Gasteiger partial charge in [-0.2, -0.15) is 0 Å². The Labute approximate surface area is 132 Å². The smallest absolute Gasteiger partial charge is 0.326 e. The third-order valence-electron chi connectivity index (χ3n) is 4.25. The van der Waals surface area contributed by atoms with Crippen molar-refractivity contribution in [1.82, 2.24) is 9.88 Å². The van der Waals surface area contributed by atoms with Crippen molar-refractivity contribution in [3.63, 3.8) is 0 Å². The number of carboxylic acids is 1. The molecule has 1 aromatic heterocycles. The third kappa shape index (κ3) is 2.88. The van der Waals surface area contributed by atoms with E-state index in [4.69, 9.17) is 0 Å². The van der Waals surface area contributed by atoms with Crippen molar-refractivity contribution in [1.29, 1.82) is 0 Å². The first-order valence-corrected chi connectivity index (χ1v) is 7.58. The SMILES string of the molecule is Cc1nc2cc(F)ccc2cc1C(=O)N1CCCC[C@@H]1C(=O)O. The molecule has 1 N–H and O–H groups in total. The van der Waals surface area contributed by atoms with E-state index in [2.05, 4.69) is 4.98 Å². The van der Waals surface area contributed by atoms with E-state index in [1.165, 1.54) is 17.0 Å². The van der Waals surface area contributed by atoms with Crippen molar-refractivity contribution in [3.05, 3.63) is 41.3 Å². The minimum absolute atomic E-state index is 0.326. The highest BCUT2D eigenvalue weighted by Gasteiger charge is 2.33. The van der Waals surface area contributed by atoms with Gasteiger partial charge in [0, 0.05) is 18.0 Å². The molecule has 6 heteroatoms. The van der Waals surface area contributed by atoms with Crippen LogP contribution in [0.25, 0.3) is 10.9 Å². The Bertz CT molecular complexity index is 791. The van der Waals surface area contributed by atoms with Crippen molar-refractivity contribution in [2.24, 2.45) is 0 Å². The Morgan fingerprint density at radius 3 is 2.83 bits per heavy atom. The van der Waals surface area contributed by atoms with Gasteiger partial charge in [-0.25, -0.2) is 9.18 Å². The van der Waals surface area contributed by atoms with Crippen LogP contribution in [0.5, 0.6) is 0 Å². The summed E-state index contributed by atoms with van der Waals surface area (Å²) in [6.07, 6.45) is 2.06. The molecule has 0 spiro atoms. The Balaban J connectivity index is 2.01. The number of aliphatic carboxylic acids is 1. The van der Waals surface area contributed by atoms with E-state index in [1.807, 2.05) is 0 Å². The molecule has 1 aliphatic rings. The summed E-state index contributed by atoms with van der Waals surface area (Å²) in [5.41, 5.74) is 1.33. The molecule has 1 aliphatic heterocycles. The van der Waals surface area contributed by atoms with Crippen molar-refractivity contribution in [2.75, 3.05) is 6.54 Å². The molecule has 0 radical (unpaired) electrons. The van der Waals surface area contributed by atoms with Crippen molar-refractivity contribution in [2.45, 2.75) is 32.2 Å². The van der Waals surface area contributed by atoms with Crippen LogP contribution in [0, 0.1) is 12.7 Å². The van der Waals surface area contributed by atoms with E-state index < -0.39 is 12.0 Å². The lowest BCUT2D eigenvalue weighted by atomic mass is 10.00. The fraction of sp³-hybridized carbons (Fsp3) is 0.353. The molecule has 1 atom stereocenters. The van der Waals surface area contributed by atoms with Gasteiger partial charge in [-0.1, -0.05) is 0 Å². The highest BCUT2D eigenvalue weighted by Crippen LogP contribution is 2.23. The average molecular weight is 316 g/mol. The number of likely N-dealkylation sites (tertiary alicyclic amines) is 1. The molecule has 2 aromatic rings. The summed E-state index contributed by atoms with van der Waals surface area (Å²) in [6.45, 7) is 2.11. The van der Waals surface area contributed by atoms with Gasteiger partial charge in [0.05, 0.1) is 16.8 Å². The highest BCUT2D eigenvalue weighted by atomic mass is 19.1. The molecule has 5 nitrogen and oxygen atoms in total. The lowest BCUT2D eigenvalue weighted by molar-refractivity contribution is -0.143. The van der Waals surface area contributed by atoms with Gasteiger partial charge in [-0.15, -0.1) is 0 Å². The summed E-state index contributed by atoms with van der Waals surface area (Å²) in [4.78, 5) is 29.9. The summed E-state index contributed by atoms with van der Waals surface area (Å²) >= 11 is 0. The zero-order valence-electron chi connectivity index (χ0n) is 12.8. The van der Waals surface area contributed by atoms with E-state index in [1.54, 1.807) is 19.1 Å². The Morgan fingerprint density at radius 1 is 1.30 bits per heavy atom. The standard InChI is InChI=1S/C17H17FN2O3/c1-10-13(8-11-5-6-12(18)9-14(11)19-10)16(21)20-7-3-2-4-15(20)17(22)23/h5-6,8-9,15H,2-4,7H2,1H3,(H,22,23)/t15-/m1/s1. The molecule has 0 aliphatic carbocycles. The molecule has 2 heterocycles. The molecule has 1 amide bonds. The second-order valence-electron chi connectivity index (χ2n) is 5.81. The number of pyridine rings is 1.